The zero-order chi connectivity index (χ0) is 20.2. The molecule has 2 aliphatic heterocycles. The van der Waals surface area contributed by atoms with Crippen molar-refractivity contribution >= 4 is 11.8 Å². The topological polar surface area (TPSA) is 61.7 Å². The van der Waals surface area contributed by atoms with Gasteiger partial charge in [0.2, 0.25) is 5.91 Å². The molecule has 0 radical (unpaired) electrons. The van der Waals surface area contributed by atoms with Crippen molar-refractivity contribution in [3.63, 3.8) is 0 Å². The first-order valence-corrected chi connectivity index (χ1v) is 10.5. The van der Waals surface area contributed by atoms with Crippen molar-refractivity contribution in [1.82, 2.24) is 24.5 Å². The van der Waals surface area contributed by atoms with E-state index in [2.05, 4.69) is 28.2 Å². The third-order valence-electron chi connectivity index (χ3n) is 6.04. The maximum absolute atomic E-state index is 12.7. The Morgan fingerprint density at radius 1 is 0.966 bits per heavy atom. The molecule has 0 aliphatic carbocycles. The molecule has 154 valence electrons. The quantitative estimate of drug-likeness (QED) is 0.788. The first-order chi connectivity index (χ1) is 14.1. The number of benzene rings is 1. The first-order valence-electron chi connectivity index (χ1n) is 10.5. The van der Waals surface area contributed by atoms with Crippen LogP contribution in [0.1, 0.15) is 34.5 Å². The van der Waals surface area contributed by atoms with Crippen LogP contribution in [0.2, 0.25) is 0 Å². The van der Waals surface area contributed by atoms with Crippen molar-refractivity contribution in [2.24, 2.45) is 7.05 Å². The van der Waals surface area contributed by atoms with E-state index in [4.69, 9.17) is 0 Å². The molecular formula is C22H29N5O2. The van der Waals surface area contributed by atoms with Crippen LogP contribution in [0.4, 0.5) is 0 Å². The van der Waals surface area contributed by atoms with Crippen LogP contribution in [0, 0.1) is 0 Å². The fourth-order valence-electron chi connectivity index (χ4n) is 4.26. The van der Waals surface area contributed by atoms with Crippen LogP contribution in [0.15, 0.2) is 36.5 Å². The van der Waals surface area contributed by atoms with Crippen LogP contribution in [0.5, 0.6) is 0 Å². The van der Waals surface area contributed by atoms with Gasteiger partial charge >= 0.3 is 0 Å². The summed E-state index contributed by atoms with van der Waals surface area (Å²) >= 11 is 0. The average Bonchev–Trinajstić information content (AvgIpc) is 3.03. The molecule has 1 aromatic carbocycles. The summed E-state index contributed by atoms with van der Waals surface area (Å²) in [5.41, 5.74) is 3.26. The normalized spacial score (nSPS) is 17.7. The Morgan fingerprint density at radius 3 is 2.59 bits per heavy atom. The Balaban J connectivity index is 1.26. The van der Waals surface area contributed by atoms with Crippen molar-refractivity contribution in [3.8, 4) is 0 Å². The van der Waals surface area contributed by atoms with Gasteiger partial charge in [-0.2, -0.15) is 5.10 Å². The summed E-state index contributed by atoms with van der Waals surface area (Å²) in [5.74, 6) is 0.265. The zero-order valence-electron chi connectivity index (χ0n) is 17.1. The summed E-state index contributed by atoms with van der Waals surface area (Å²) in [6.07, 6.45) is 4.06. The minimum Gasteiger partial charge on any atom is -0.338 e. The van der Waals surface area contributed by atoms with E-state index in [-0.39, 0.29) is 11.8 Å². The maximum atomic E-state index is 12.7. The molecule has 1 aromatic heterocycles. The summed E-state index contributed by atoms with van der Waals surface area (Å²) < 4.78 is 1.63. The molecule has 0 bridgehead atoms. The number of fused-ring (bicyclic) bond motifs is 1. The van der Waals surface area contributed by atoms with Crippen molar-refractivity contribution in [2.45, 2.75) is 25.8 Å². The third kappa shape index (κ3) is 4.50. The molecule has 7 heteroatoms. The Bertz CT molecular complexity index is 878. The molecule has 0 unspecified atom stereocenters. The van der Waals surface area contributed by atoms with Crippen LogP contribution in [0.3, 0.4) is 0 Å². The second kappa shape index (κ2) is 8.78. The van der Waals surface area contributed by atoms with E-state index in [1.807, 2.05) is 15.9 Å². The van der Waals surface area contributed by atoms with E-state index in [0.717, 1.165) is 52.1 Å². The summed E-state index contributed by atoms with van der Waals surface area (Å²) in [5, 5.41) is 4.09. The lowest BCUT2D eigenvalue weighted by Gasteiger charge is -2.30. The molecule has 2 aliphatic rings. The third-order valence-corrected chi connectivity index (χ3v) is 6.04. The van der Waals surface area contributed by atoms with Gasteiger partial charge in [0.25, 0.3) is 5.91 Å². The molecular weight excluding hydrogens is 366 g/mol. The predicted molar refractivity (Wildman–Crippen MR) is 110 cm³/mol. The highest BCUT2D eigenvalue weighted by atomic mass is 16.2. The van der Waals surface area contributed by atoms with Crippen LogP contribution in [-0.2, 0) is 24.8 Å². The van der Waals surface area contributed by atoms with Crippen LogP contribution < -0.4 is 0 Å². The van der Waals surface area contributed by atoms with Gasteiger partial charge in [0.15, 0.2) is 0 Å². The van der Waals surface area contributed by atoms with E-state index in [1.54, 1.807) is 24.0 Å². The number of hydrogen-bond acceptors (Lipinski definition) is 4. The predicted octanol–water partition coefficient (Wildman–Crippen LogP) is 1.54. The Morgan fingerprint density at radius 2 is 1.79 bits per heavy atom. The summed E-state index contributed by atoms with van der Waals surface area (Å²) in [4.78, 5) is 31.6. The number of carbonyl (C=O) groups is 2. The zero-order valence-corrected chi connectivity index (χ0v) is 17.1. The molecule has 0 spiro atoms. The highest BCUT2D eigenvalue weighted by molar-refractivity contribution is 5.92. The van der Waals surface area contributed by atoms with Gasteiger partial charge in [-0.05, 0) is 36.6 Å². The van der Waals surface area contributed by atoms with Crippen LogP contribution >= 0.6 is 0 Å². The summed E-state index contributed by atoms with van der Waals surface area (Å²) in [6.45, 7) is 5.45. The van der Waals surface area contributed by atoms with Gasteiger partial charge in [-0.15, -0.1) is 0 Å². The molecule has 4 rings (SSSR count). The van der Waals surface area contributed by atoms with E-state index in [9.17, 15) is 9.59 Å². The van der Waals surface area contributed by atoms with Crippen LogP contribution in [-0.4, -0.2) is 75.6 Å². The Labute approximate surface area is 171 Å². The lowest BCUT2D eigenvalue weighted by molar-refractivity contribution is -0.132. The number of aryl methyl sites for hydroxylation is 1. The van der Waals surface area contributed by atoms with Crippen LogP contribution in [0.25, 0.3) is 0 Å². The van der Waals surface area contributed by atoms with E-state index < -0.39 is 0 Å². The summed E-state index contributed by atoms with van der Waals surface area (Å²) in [6, 6.07) is 10.2. The van der Waals surface area contributed by atoms with Crippen molar-refractivity contribution in [1.29, 1.82) is 0 Å². The molecule has 29 heavy (non-hydrogen) atoms. The largest absolute Gasteiger partial charge is 0.338 e. The standard InChI is InChI=1S/C22H29N5O2/c1-24-20(7-10-23-24)22(29)26-12-4-11-25(15-16-26)13-9-21(28)27-14-8-18-5-2-3-6-19(18)17-27/h2-3,5-7,10H,4,8-9,11-17H2,1H3. The second-order valence-corrected chi connectivity index (χ2v) is 7.91. The molecule has 1 fully saturated rings. The average molecular weight is 396 g/mol. The van der Waals surface area contributed by atoms with Gasteiger partial charge in [-0.3, -0.25) is 14.3 Å². The monoisotopic (exact) mass is 395 g/mol. The van der Waals surface area contributed by atoms with Crippen molar-refractivity contribution in [2.75, 3.05) is 39.3 Å². The van der Waals surface area contributed by atoms with Crippen molar-refractivity contribution < 1.29 is 9.59 Å². The number of amides is 2. The fourth-order valence-corrected chi connectivity index (χ4v) is 4.26. The Hall–Kier alpha value is -2.67. The first kappa shape index (κ1) is 19.6. The van der Waals surface area contributed by atoms with Gasteiger partial charge in [0.05, 0.1) is 0 Å². The number of carbonyl (C=O) groups excluding carboxylic acids is 2. The number of hydrogen-bond donors (Lipinski definition) is 0. The highest BCUT2D eigenvalue weighted by Crippen LogP contribution is 2.19. The van der Waals surface area contributed by atoms with Gasteiger partial charge in [0, 0.05) is 58.9 Å². The summed E-state index contributed by atoms with van der Waals surface area (Å²) in [7, 11) is 1.79. The molecule has 2 amide bonds. The minimum absolute atomic E-state index is 0.0370. The molecule has 0 atom stereocenters. The maximum Gasteiger partial charge on any atom is 0.272 e. The van der Waals surface area contributed by atoms with Crippen molar-refractivity contribution in [3.05, 3.63) is 53.3 Å². The molecule has 0 N–H and O–H groups in total. The van der Waals surface area contributed by atoms with E-state index in [0.29, 0.717) is 18.7 Å². The minimum atomic E-state index is 0.0370. The van der Waals surface area contributed by atoms with Gasteiger partial charge in [0.1, 0.15) is 5.69 Å². The lowest BCUT2D eigenvalue weighted by atomic mass is 10.00. The lowest BCUT2D eigenvalue weighted by Crippen LogP contribution is -2.39. The fraction of sp³-hybridized carbons (Fsp3) is 0.500. The molecule has 7 nitrogen and oxygen atoms in total. The second-order valence-electron chi connectivity index (χ2n) is 7.91. The highest BCUT2D eigenvalue weighted by Gasteiger charge is 2.24. The number of aromatic nitrogens is 2. The molecule has 0 saturated carbocycles. The van der Waals surface area contributed by atoms with Gasteiger partial charge in [-0.25, -0.2) is 0 Å². The molecule has 2 aromatic rings. The SMILES string of the molecule is Cn1nccc1C(=O)N1CCCN(CCC(=O)N2CCc3ccccc3C2)CC1. The Kier molecular flexibility index (Phi) is 5.94. The number of nitrogens with zero attached hydrogens (tertiary/aromatic N) is 5. The number of rotatable bonds is 4. The van der Waals surface area contributed by atoms with Gasteiger partial charge in [-0.1, -0.05) is 24.3 Å². The van der Waals surface area contributed by atoms with E-state index >= 15 is 0 Å². The smallest absolute Gasteiger partial charge is 0.272 e. The van der Waals surface area contributed by atoms with E-state index in [1.165, 1.54) is 11.1 Å². The van der Waals surface area contributed by atoms with Gasteiger partial charge < -0.3 is 14.7 Å². The molecule has 1 saturated heterocycles. The molecule has 3 heterocycles.